The lowest BCUT2D eigenvalue weighted by Gasteiger charge is -2.05. The van der Waals surface area contributed by atoms with Gasteiger partial charge in [-0.1, -0.05) is 0 Å². The van der Waals surface area contributed by atoms with Crippen LogP contribution >= 0.6 is 0 Å². The summed E-state index contributed by atoms with van der Waals surface area (Å²) in [5.74, 6) is 0. The van der Waals surface area contributed by atoms with Crippen LogP contribution in [0.2, 0.25) is 0 Å². The summed E-state index contributed by atoms with van der Waals surface area (Å²) in [5.41, 5.74) is 1.44. The smallest absolute Gasteiger partial charge is 0.411 e. The third kappa shape index (κ3) is 3.40. The number of hydrogen-bond acceptors (Lipinski definition) is 4. The minimum atomic E-state index is -0.579. The molecule has 0 unspecified atom stereocenters. The lowest BCUT2D eigenvalue weighted by molar-refractivity contribution is 0.131. The molecule has 1 aromatic heterocycles. The second-order valence-electron chi connectivity index (χ2n) is 2.67. The van der Waals surface area contributed by atoms with E-state index in [0.717, 1.165) is 5.69 Å². The highest BCUT2D eigenvalue weighted by molar-refractivity contribution is 5.84. The summed E-state index contributed by atoms with van der Waals surface area (Å²) in [6.07, 6.45) is 1.02. The Bertz CT molecular complexity index is 315. The molecule has 0 radical (unpaired) electrons. The molecule has 76 valence electrons. The molecule has 5 heteroatoms. The molecule has 0 aliphatic heterocycles. The van der Waals surface area contributed by atoms with E-state index in [9.17, 15) is 4.79 Å². The van der Waals surface area contributed by atoms with Gasteiger partial charge in [0, 0.05) is 17.6 Å². The molecule has 0 atom stereocenters. The Kier molecular flexibility index (Phi) is 3.87. The molecule has 1 heterocycles. The molecule has 0 aromatic carbocycles. The second kappa shape index (κ2) is 5.18. The molecule has 14 heavy (non-hydrogen) atoms. The Morgan fingerprint density at radius 2 is 2.50 bits per heavy atom. The van der Waals surface area contributed by atoms with Crippen molar-refractivity contribution < 1.29 is 14.6 Å². The molecule has 5 nitrogen and oxygen atoms in total. The Morgan fingerprint density at radius 3 is 3.14 bits per heavy atom. The first-order valence-electron chi connectivity index (χ1n) is 4.19. The fourth-order valence-electron chi connectivity index (χ4n) is 0.916. The third-order valence-electron chi connectivity index (χ3n) is 1.47. The van der Waals surface area contributed by atoms with Crippen LogP contribution in [0.25, 0.3) is 0 Å². The van der Waals surface area contributed by atoms with Crippen LogP contribution in [0.4, 0.5) is 10.5 Å². The number of anilines is 1. The number of aromatic nitrogens is 1. The van der Waals surface area contributed by atoms with Gasteiger partial charge in [0.2, 0.25) is 0 Å². The number of carbonyl (C=O) groups excluding carboxylic acids is 1. The molecule has 2 N–H and O–H groups in total. The van der Waals surface area contributed by atoms with E-state index in [4.69, 9.17) is 5.11 Å². The lowest BCUT2D eigenvalue weighted by Crippen LogP contribution is -2.15. The number of nitrogens with one attached hydrogen (secondary N) is 1. The number of carbonyl (C=O) groups is 1. The van der Waals surface area contributed by atoms with Crippen LogP contribution in [-0.2, 0) is 4.74 Å². The van der Waals surface area contributed by atoms with Crippen molar-refractivity contribution in [3.63, 3.8) is 0 Å². The van der Waals surface area contributed by atoms with Crippen molar-refractivity contribution in [2.24, 2.45) is 0 Å². The van der Waals surface area contributed by atoms with Crippen LogP contribution in [0.15, 0.2) is 18.3 Å². The maximum Gasteiger partial charge on any atom is 0.411 e. The van der Waals surface area contributed by atoms with Crippen LogP contribution in [-0.4, -0.2) is 29.4 Å². The fourth-order valence-corrected chi connectivity index (χ4v) is 0.916. The number of amides is 1. The summed E-state index contributed by atoms with van der Waals surface area (Å²) in [5, 5.41) is 10.9. The zero-order valence-corrected chi connectivity index (χ0v) is 7.86. The molecule has 0 fully saturated rings. The topological polar surface area (TPSA) is 71.5 Å². The summed E-state index contributed by atoms with van der Waals surface area (Å²) in [6.45, 7) is 1.64. The third-order valence-corrected chi connectivity index (χ3v) is 1.47. The minimum Gasteiger partial charge on any atom is -0.447 e. The van der Waals surface area contributed by atoms with Crippen LogP contribution < -0.4 is 5.32 Å². The van der Waals surface area contributed by atoms with Gasteiger partial charge >= 0.3 is 6.09 Å². The van der Waals surface area contributed by atoms with Crippen molar-refractivity contribution in [3.05, 3.63) is 24.0 Å². The second-order valence-corrected chi connectivity index (χ2v) is 2.67. The first-order valence-corrected chi connectivity index (χ1v) is 4.19. The largest absolute Gasteiger partial charge is 0.447 e. The lowest BCUT2D eigenvalue weighted by atomic mass is 10.3. The van der Waals surface area contributed by atoms with E-state index < -0.39 is 6.09 Å². The number of aryl methyl sites for hydroxylation is 1. The van der Waals surface area contributed by atoms with Crippen molar-refractivity contribution in [1.82, 2.24) is 4.98 Å². The molecule has 1 rings (SSSR count). The van der Waals surface area contributed by atoms with Crippen LogP contribution in [0.3, 0.4) is 0 Å². The van der Waals surface area contributed by atoms with Crippen LogP contribution in [0, 0.1) is 6.92 Å². The number of pyridine rings is 1. The predicted octanol–water partition coefficient (Wildman–Crippen LogP) is 0.931. The van der Waals surface area contributed by atoms with E-state index in [1.165, 1.54) is 0 Å². The molecule has 0 spiro atoms. The highest BCUT2D eigenvalue weighted by atomic mass is 16.6. The molecular weight excluding hydrogens is 184 g/mol. The number of aliphatic hydroxyl groups excluding tert-OH is 1. The van der Waals surface area contributed by atoms with Gasteiger partial charge in [-0.15, -0.1) is 0 Å². The number of hydrogen-bond donors (Lipinski definition) is 2. The van der Waals surface area contributed by atoms with E-state index in [1.807, 2.05) is 6.92 Å². The summed E-state index contributed by atoms with van der Waals surface area (Å²) < 4.78 is 4.61. The van der Waals surface area contributed by atoms with Crippen LogP contribution in [0.5, 0.6) is 0 Å². The molecule has 0 saturated heterocycles. The van der Waals surface area contributed by atoms with Gasteiger partial charge in [-0.2, -0.15) is 0 Å². The van der Waals surface area contributed by atoms with Gasteiger partial charge in [0.25, 0.3) is 0 Å². The van der Waals surface area contributed by atoms with E-state index in [0.29, 0.717) is 5.69 Å². The molecule has 0 aliphatic rings. The Hall–Kier alpha value is -1.62. The van der Waals surface area contributed by atoms with Gasteiger partial charge in [-0.05, 0) is 19.1 Å². The van der Waals surface area contributed by atoms with Crippen molar-refractivity contribution in [2.75, 3.05) is 18.5 Å². The molecule has 0 bridgehead atoms. The predicted molar refractivity (Wildman–Crippen MR) is 51.0 cm³/mol. The maximum atomic E-state index is 11.0. The standard InChI is InChI=1S/C9H12N2O3/c1-7-6-8(2-3-10-7)11-9(13)14-5-4-12/h2-3,6,12H,4-5H2,1H3,(H,10,11,13). The molecule has 1 aromatic rings. The maximum absolute atomic E-state index is 11.0. The molecule has 0 saturated carbocycles. The number of nitrogens with zero attached hydrogens (tertiary/aromatic N) is 1. The average Bonchev–Trinajstić information content (AvgIpc) is 2.15. The first kappa shape index (κ1) is 10.5. The van der Waals surface area contributed by atoms with Gasteiger partial charge in [0.1, 0.15) is 6.61 Å². The summed E-state index contributed by atoms with van der Waals surface area (Å²) in [7, 11) is 0. The summed E-state index contributed by atoms with van der Waals surface area (Å²) in [4.78, 5) is 15.0. The first-order chi connectivity index (χ1) is 6.72. The molecule has 0 aliphatic carbocycles. The normalized spacial score (nSPS) is 9.57. The van der Waals surface area contributed by atoms with Gasteiger partial charge in [-0.25, -0.2) is 4.79 Å². The van der Waals surface area contributed by atoms with Crippen LogP contribution in [0.1, 0.15) is 5.69 Å². The minimum absolute atomic E-state index is 0.00407. The van der Waals surface area contributed by atoms with Crippen molar-refractivity contribution >= 4 is 11.8 Å². The Balaban J connectivity index is 2.47. The van der Waals surface area contributed by atoms with Crippen molar-refractivity contribution in [2.45, 2.75) is 6.92 Å². The van der Waals surface area contributed by atoms with Crippen molar-refractivity contribution in [1.29, 1.82) is 0 Å². The van der Waals surface area contributed by atoms with Gasteiger partial charge < -0.3 is 9.84 Å². The number of ether oxygens (including phenoxy) is 1. The average molecular weight is 196 g/mol. The van der Waals surface area contributed by atoms with Gasteiger partial charge in [0.15, 0.2) is 0 Å². The highest BCUT2D eigenvalue weighted by Gasteiger charge is 2.01. The summed E-state index contributed by atoms with van der Waals surface area (Å²) in [6, 6.07) is 3.38. The SMILES string of the molecule is Cc1cc(NC(=O)OCCO)ccn1. The van der Waals surface area contributed by atoms with Gasteiger partial charge in [0.05, 0.1) is 6.61 Å². The fraction of sp³-hybridized carbons (Fsp3) is 0.333. The van der Waals surface area contributed by atoms with E-state index in [1.54, 1.807) is 18.3 Å². The van der Waals surface area contributed by atoms with Gasteiger partial charge in [-0.3, -0.25) is 10.3 Å². The van der Waals surface area contributed by atoms with E-state index >= 15 is 0 Å². The van der Waals surface area contributed by atoms with E-state index in [2.05, 4.69) is 15.0 Å². The molecule has 1 amide bonds. The Labute approximate surface area is 81.7 Å². The molecular formula is C9H12N2O3. The zero-order valence-electron chi connectivity index (χ0n) is 7.86. The van der Waals surface area contributed by atoms with E-state index in [-0.39, 0.29) is 13.2 Å². The monoisotopic (exact) mass is 196 g/mol. The quantitative estimate of drug-likeness (QED) is 0.754. The number of aliphatic hydroxyl groups is 1. The highest BCUT2D eigenvalue weighted by Crippen LogP contribution is 2.06. The number of rotatable bonds is 3. The van der Waals surface area contributed by atoms with Crippen molar-refractivity contribution in [3.8, 4) is 0 Å². The zero-order chi connectivity index (χ0) is 10.4. The summed E-state index contributed by atoms with van der Waals surface area (Å²) >= 11 is 0. The Morgan fingerprint density at radius 1 is 1.71 bits per heavy atom.